The Kier molecular flexibility index (Phi) is 5.95. The van der Waals surface area contributed by atoms with Crippen molar-refractivity contribution in [3.05, 3.63) is 59.1 Å². The lowest BCUT2D eigenvalue weighted by Gasteiger charge is -2.34. The Bertz CT molecular complexity index is 1160. The van der Waals surface area contributed by atoms with Crippen LogP contribution >= 0.6 is 11.3 Å². The molecule has 2 aromatic carbocycles. The summed E-state index contributed by atoms with van der Waals surface area (Å²) in [7, 11) is 0. The van der Waals surface area contributed by atoms with E-state index in [9.17, 15) is 14.4 Å². The lowest BCUT2D eigenvalue weighted by Crippen LogP contribution is -2.45. The zero-order valence-corrected chi connectivity index (χ0v) is 19.2. The lowest BCUT2D eigenvalue weighted by atomic mass is 9.96. The number of hydrogen-bond donors (Lipinski definition) is 0. The van der Waals surface area contributed by atoms with E-state index in [1.54, 1.807) is 42.5 Å². The van der Waals surface area contributed by atoms with Crippen LogP contribution in [0.25, 0.3) is 10.2 Å². The number of piperidine rings is 1. The maximum absolute atomic E-state index is 13.2. The minimum absolute atomic E-state index is 0.185. The molecule has 1 atom stereocenters. The molecule has 8 heteroatoms. The fraction of sp³-hybridized carbons (Fsp3) is 0.360. The molecule has 33 heavy (non-hydrogen) atoms. The molecule has 2 fully saturated rings. The third kappa shape index (κ3) is 4.16. The van der Waals surface area contributed by atoms with Gasteiger partial charge >= 0.3 is 5.97 Å². The average Bonchev–Trinajstić information content (AvgIpc) is 3.40. The van der Waals surface area contributed by atoms with Crippen molar-refractivity contribution in [2.45, 2.75) is 38.1 Å². The van der Waals surface area contributed by atoms with E-state index in [0.717, 1.165) is 36.5 Å². The van der Waals surface area contributed by atoms with Crippen LogP contribution in [0, 0.1) is 0 Å². The van der Waals surface area contributed by atoms with E-state index in [4.69, 9.17) is 9.72 Å². The maximum atomic E-state index is 13.2. The molecule has 2 aliphatic rings. The first kappa shape index (κ1) is 21.7. The zero-order valence-electron chi connectivity index (χ0n) is 18.4. The molecular weight excluding hydrogens is 438 g/mol. The predicted molar refractivity (Wildman–Crippen MR) is 126 cm³/mol. The number of carbonyl (C=O) groups is 3. The second-order valence-corrected chi connectivity index (χ2v) is 9.45. The molecule has 0 saturated carbocycles. The van der Waals surface area contributed by atoms with Gasteiger partial charge in [0.25, 0.3) is 5.91 Å². The van der Waals surface area contributed by atoms with Gasteiger partial charge in [0.05, 0.1) is 45.5 Å². The van der Waals surface area contributed by atoms with Crippen LogP contribution in [-0.4, -0.2) is 53.4 Å². The van der Waals surface area contributed by atoms with Crippen molar-refractivity contribution in [1.82, 2.24) is 9.88 Å². The number of fused-ring (bicyclic) bond motifs is 1. The Labute approximate surface area is 196 Å². The van der Waals surface area contributed by atoms with Crippen LogP contribution < -0.4 is 4.90 Å². The number of amides is 2. The molecule has 0 unspecified atom stereocenters. The number of esters is 1. The molecule has 5 rings (SSSR count). The Balaban J connectivity index is 1.24. The fourth-order valence-corrected chi connectivity index (χ4v) is 5.79. The topological polar surface area (TPSA) is 79.8 Å². The van der Waals surface area contributed by atoms with E-state index in [-0.39, 0.29) is 18.2 Å². The van der Waals surface area contributed by atoms with E-state index in [0.29, 0.717) is 23.8 Å². The summed E-state index contributed by atoms with van der Waals surface area (Å²) >= 11 is 1.75. The molecule has 2 aliphatic heterocycles. The van der Waals surface area contributed by atoms with Crippen LogP contribution in [0.3, 0.4) is 0 Å². The highest BCUT2D eigenvalue weighted by Gasteiger charge is 2.43. The van der Waals surface area contributed by atoms with E-state index < -0.39 is 12.0 Å². The first-order valence-electron chi connectivity index (χ1n) is 11.3. The van der Waals surface area contributed by atoms with Gasteiger partial charge in [-0.15, -0.1) is 11.3 Å². The molecule has 1 aromatic heterocycles. The Morgan fingerprint density at radius 2 is 1.82 bits per heavy atom. The number of imide groups is 1. The first-order chi connectivity index (χ1) is 16.0. The number of likely N-dealkylation sites (tertiary alicyclic amines) is 1. The maximum Gasteiger partial charge on any atom is 0.338 e. The molecule has 2 saturated heterocycles. The van der Waals surface area contributed by atoms with Crippen LogP contribution in [0.15, 0.2) is 48.5 Å². The summed E-state index contributed by atoms with van der Waals surface area (Å²) in [6.45, 7) is 3.57. The number of thiazole rings is 1. The van der Waals surface area contributed by atoms with Gasteiger partial charge in [0.1, 0.15) is 0 Å². The van der Waals surface area contributed by atoms with Gasteiger partial charge in [-0.05, 0) is 69.3 Å². The second-order valence-electron chi connectivity index (χ2n) is 8.38. The molecular formula is C25H25N3O4S. The van der Waals surface area contributed by atoms with Crippen LogP contribution in [0.1, 0.15) is 47.5 Å². The molecule has 0 aliphatic carbocycles. The monoisotopic (exact) mass is 463 g/mol. The molecule has 2 amide bonds. The van der Waals surface area contributed by atoms with Crippen LogP contribution in [0.4, 0.5) is 5.69 Å². The quantitative estimate of drug-likeness (QED) is 0.421. The van der Waals surface area contributed by atoms with Gasteiger partial charge in [-0.25, -0.2) is 14.7 Å². The highest BCUT2D eigenvalue weighted by Crippen LogP contribution is 2.35. The van der Waals surface area contributed by atoms with E-state index in [2.05, 4.69) is 11.0 Å². The Morgan fingerprint density at radius 3 is 2.52 bits per heavy atom. The minimum atomic E-state index is -0.432. The number of nitrogens with zero attached hydrogens (tertiary/aromatic N) is 3. The van der Waals surface area contributed by atoms with Crippen LogP contribution in [0.5, 0.6) is 0 Å². The van der Waals surface area contributed by atoms with Gasteiger partial charge in [-0.3, -0.25) is 14.5 Å². The predicted octanol–water partition coefficient (Wildman–Crippen LogP) is 3.98. The summed E-state index contributed by atoms with van der Waals surface area (Å²) in [5.74, 6) is -0.432. The first-order valence-corrected chi connectivity index (χ1v) is 12.1. The SMILES string of the molecule is CCOC(=O)c1ccc(N2C(=O)C[C@@H](N3CCC(c4nc5ccccc5s4)CC3)C2=O)cc1. The van der Waals surface area contributed by atoms with Gasteiger partial charge in [0, 0.05) is 5.92 Å². The van der Waals surface area contributed by atoms with Crippen LogP contribution in [0.2, 0.25) is 0 Å². The van der Waals surface area contributed by atoms with Gasteiger partial charge in [-0.2, -0.15) is 0 Å². The summed E-state index contributed by atoms with van der Waals surface area (Å²) < 4.78 is 6.20. The number of ether oxygens (including phenoxy) is 1. The number of benzene rings is 2. The molecule has 170 valence electrons. The number of aromatic nitrogens is 1. The van der Waals surface area contributed by atoms with Crippen molar-refractivity contribution in [2.75, 3.05) is 24.6 Å². The summed E-state index contributed by atoms with van der Waals surface area (Å²) in [5.41, 5.74) is 1.93. The smallest absolute Gasteiger partial charge is 0.338 e. The summed E-state index contributed by atoms with van der Waals surface area (Å²) in [5, 5.41) is 1.16. The standard InChI is InChI=1S/C25H25N3O4S/c1-2-32-25(31)17-7-9-18(10-8-17)28-22(29)15-20(24(28)30)27-13-11-16(12-14-27)23-26-19-5-3-4-6-21(19)33-23/h3-10,16,20H,2,11-15H2,1H3/t20-/m1/s1. The Morgan fingerprint density at radius 1 is 1.09 bits per heavy atom. The van der Waals surface area contributed by atoms with Crippen molar-refractivity contribution in [3.8, 4) is 0 Å². The number of hydrogen-bond acceptors (Lipinski definition) is 7. The fourth-order valence-electron chi connectivity index (χ4n) is 4.66. The van der Waals surface area contributed by atoms with Crippen molar-refractivity contribution >= 4 is 45.0 Å². The lowest BCUT2D eigenvalue weighted by molar-refractivity contribution is -0.123. The van der Waals surface area contributed by atoms with Gasteiger partial charge in [-0.1, -0.05) is 12.1 Å². The summed E-state index contributed by atoms with van der Waals surface area (Å²) in [6.07, 6.45) is 2.03. The summed E-state index contributed by atoms with van der Waals surface area (Å²) in [6, 6.07) is 14.2. The normalized spacial score (nSPS) is 20.0. The summed E-state index contributed by atoms with van der Waals surface area (Å²) in [4.78, 5) is 45.9. The van der Waals surface area contributed by atoms with Crippen LogP contribution in [-0.2, 0) is 14.3 Å². The molecule has 7 nitrogen and oxygen atoms in total. The highest BCUT2D eigenvalue weighted by atomic mass is 32.1. The highest BCUT2D eigenvalue weighted by molar-refractivity contribution is 7.18. The molecule has 3 aromatic rings. The Hall–Kier alpha value is -3.10. The third-order valence-corrected chi connectivity index (χ3v) is 7.59. The van der Waals surface area contributed by atoms with E-state index >= 15 is 0 Å². The zero-order chi connectivity index (χ0) is 22.9. The number of rotatable bonds is 5. The van der Waals surface area contributed by atoms with Gasteiger partial charge < -0.3 is 4.74 Å². The molecule has 0 bridgehead atoms. The number of anilines is 1. The van der Waals surface area contributed by atoms with Gasteiger partial charge in [0.15, 0.2) is 0 Å². The van der Waals surface area contributed by atoms with E-state index in [1.165, 1.54) is 9.60 Å². The van der Waals surface area contributed by atoms with Crippen molar-refractivity contribution < 1.29 is 19.1 Å². The molecule has 3 heterocycles. The van der Waals surface area contributed by atoms with Gasteiger partial charge in [0.2, 0.25) is 5.91 Å². The average molecular weight is 464 g/mol. The molecule has 0 spiro atoms. The van der Waals surface area contributed by atoms with E-state index in [1.807, 2.05) is 18.2 Å². The number of carbonyl (C=O) groups excluding carboxylic acids is 3. The minimum Gasteiger partial charge on any atom is -0.462 e. The largest absolute Gasteiger partial charge is 0.462 e. The van der Waals surface area contributed by atoms with Crippen molar-refractivity contribution in [2.24, 2.45) is 0 Å². The third-order valence-electron chi connectivity index (χ3n) is 6.39. The molecule has 0 N–H and O–H groups in total. The van der Waals surface area contributed by atoms with Crippen molar-refractivity contribution in [1.29, 1.82) is 0 Å². The second kappa shape index (κ2) is 9.03. The molecule has 0 radical (unpaired) electrons. The number of para-hydroxylation sites is 1. The van der Waals surface area contributed by atoms with Crippen molar-refractivity contribution in [3.63, 3.8) is 0 Å².